The van der Waals surface area contributed by atoms with E-state index in [1.54, 1.807) is 12.0 Å². The van der Waals surface area contributed by atoms with Crippen LogP contribution in [0.5, 0.6) is 0 Å². The Morgan fingerprint density at radius 3 is 2.54 bits per heavy atom. The molecule has 1 aromatic heterocycles. The van der Waals surface area contributed by atoms with E-state index in [9.17, 15) is 18.0 Å². The summed E-state index contributed by atoms with van der Waals surface area (Å²) in [5, 5.41) is 2.38. The van der Waals surface area contributed by atoms with E-state index >= 15 is 0 Å². The molecule has 2 aliphatic rings. The SMILES string of the molecule is COC[C@@H]1CN(c2ccc(Nc3ncc(C(F)(F)F)c(Cl)n3)c(C3CC3)c2)CCN1C(=O)OC(C)(C)C. The molecular formula is C25H31ClF3N5O3. The zero-order chi connectivity index (χ0) is 27.0. The van der Waals surface area contributed by atoms with Crippen LogP contribution in [0.4, 0.5) is 35.3 Å². The van der Waals surface area contributed by atoms with Gasteiger partial charge in [0.25, 0.3) is 0 Å². The zero-order valence-corrected chi connectivity index (χ0v) is 22.0. The number of nitrogens with zero attached hydrogens (tertiary/aromatic N) is 4. The number of hydrogen-bond donors (Lipinski definition) is 1. The predicted octanol–water partition coefficient (Wildman–Crippen LogP) is 5.84. The molecule has 1 saturated carbocycles. The van der Waals surface area contributed by atoms with Crippen molar-refractivity contribution in [3.63, 3.8) is 0 Å². The van der Waals surface area contributed by atoms with Crippen LogP contribution in [0.1, 0.15) is 50.7 Å². The van der Waals surface area contributed by atoms with E-state index in [2.05, 4.69) is 26.3 Å². The minimum atomic E-state index is -4.62. The van der Waals surface area contributed by atoms with Crippen molar-refractivity contribution in [3.8, 4) is 0 Å². The zero-order valence-electron chi connectivity index (χ0n) is 21.2. The van der Waals surface area contributed by atoms with Gasteiger partial charge in [0.05, 0.1) is 12.6 Å². The number of rotatable bonds is 6. The second-order valence-corrected chi connectivity index (χ2v) is 10.7. The molecule has 1 amide bonds. The van der Waals surface area contributed by atoms with Gasteiger partial charge in [0, 0.05) is 44.3 Å². The molecule has 2 aromatic rings. The van der Waals surface area contributed by atoms with Crippen LogP contribution in [-0.4, -0.2) is 66.0 Å². The second-order valence-electron chi connectivity index (χ2n) is 10.3. The first kappa shape index (κ1) is 27.3. The van der Waals surface area contributed by atoms with E-state index in [0.717, 1.165) is 29.8 Å². The van der Waals surface area contributed by atoms with Crippen LogP contribution in [0.3, 0.4) is 0 Å². The van der Waals surface area contributed by atoms with Crippen molar-refractivity contribution >= 4 is 35.0 Å². The quantitative estimate of drug-likeness (QED) is 0.460. The van der Waals surface area contributed by atoms with Crippen LogP contribution in [0.25, 0.3) is 0 Å². The summed E-state index contributed by atoms with van der Waals surface area (Å²) in [7, 11) is 1.60. The normalized spacial score (nSPS) is 18.6. The third-order valence-corrected chi connectivity index (χ3v) is 6.47. The first-order chi connectivity index (χ1) is 17.4. The smallest absolute Gasteiger partial charge is 0.420 e. The molecule has 0 radical (unpaired) electrons. The predicted molar refractivity (Wildman–Crippen MR) is 135 cm³/mol. The van der Waals surface area contributed by atoms with Crippen LogP contribution in [0.2, 0.25) is 5.15 Å². The third kappa shape index (κ3) is 6.75. The molecular weight excluding hydrogens is 511 g/mol. The molecule has 1 saturated heterocycles. The number of carbonyl (C=O) groups is 1. The fraction of sp³-hybridized carbons (Fsp3) is 0.560. The molecule has 0 spiro atoms. The largest absolute Gasteiger partial charge is 0.444 e. The number of anilines is 3. The van der Waals surface area contributed by atoms with Gasteiger partial charge in [-0.2, -0.15) is 13.2 Å². The van der Waals surface area contributed by atoms with Crippen molar-refractivity contribution in [2.75, 3.05) is 43.6 Å². The fourth-order valence-corrected chi connectivity index (χ4v) is 4.55. The van der Waals surface area contributed by atoms with Gasteiger partial charge in [-0.1, -0.05) is 11.6 Å². The van der Waals surface area contributed by atoms with Crippen LogP contribution < -0.4 is 10.2 Å². The highest BCUT2D eigenvalue weighted by Crippen LogP contribution is 2.45. The Kier molecular flexibility index (Phi) is 7.75. The Morgan fingerprint density at radius 1 is 1.22 bits per heavy atom. The van der Waals surface area contributed by atoms with Gasteiger partial charge in [0.1, 0.15) is 16.3 Å². The minimum Gasteiger partial charge on any atom is -0.444 e. The Bertz CT molecular complexity index is 1140. The topological polar surface area (TPSA) is 79.8 Å². The lowest BCUT2D eigenvalue weighted by molar-refractivity contribution is -0.137. The molecule has 12 heteroatoms. The van der Waals surface area contributed by atoms with Crippen molar-refractivity contribution in [1.29, 1.82) is 0 Å². The molecule has 2 fully saturated rings. The van der Waals surface area contributed by atoms with Gasteiger partial charge in [-0.15, -0.1) is 0 Å². The van der Waals surface area contributed by atoms with Crippen molar-refractivity contribution in [1.82, 2.24) is 14.9 Å². The summed E-state index contributed by atoms with van der Waals surface area (Å²) in [6.07, 6.45) is -2.26. The summed E-state index contributed by atoms with van der Waals surface area (Å²) in [6.45, 7) is 7.56. The molecule has 1 atom stereocenters. The third-order valence-electron chi connectivity index (χ3n) is 6.18. The number of aromatic nitrogens is 2. The van der Waals surface area contributed by atoms with E-state index in [-0.39, 0.29) is 18.1 Å². The summed E-state index contributed by atoms with van der Waals surface area (Å²) < 4.78 is 50.0. The van der Waals surface area contributed by atoms with Gasteiger partial charge in [0.15, 0.2) is 0 Å². The van der Waals surface area contributed by atoms with Crippen LogP contribution in [-0.2, 0) is 15.7 Å². The summed E-state index contributed by atoms with van der Waals surface area (Å²) >= 11 is 5.77. The lowest BCUT2D eigenvalue weighted by Crippen LogP contribution is -2.57. The van der Waals surface area contributed by atoms with E-state index < -0.39 is 22.5 Å². The number of amides is 1. The van der Waals surface area contributed by atoms with Gasteiger partial charge < -0.3 is 19.7 Å². The standard InChI is InChI=1S/C25H31ClF3N5O3/c1-24(2,3)37-23(35)34-10-9-33(13-17(34)14-36-4)16-7-8-20(18(11-16)15-5-6-15)31-22-30-12-19(21(26)32-22)25(27,28)29/h7-8,11-12,15,17H,5-6,9-10,13-14H2,1-4H3,(H,30,31,32)/t17-/m0/s1. The number of hydrogen-bond acceptors (Lipinski definition) is 7. The number of benzene rings is 1. The number of carbonyl (C=O) groups excluding carboxylic acids is 1. The molecule has 202 valence electrons. The molecule has 1 aliphatic heterocycles. The number of ether oxygens (including phenoxy) is 2. The highest BCUT2D eigenvalue weighted by Gasteiger charge is 2.36. The Morgan fingerprint density at radius 2 is 1.95 bits per heavy atom. The minimum absolute atomic E-state index is 0.00113. The maximum absolute atomic E-state index is 13.0. The molecule has 2 heterocycles. The molecule has 8 nitrogen and oxygen atoms in total. The van der Waals surface area contributed by atoms with Crippen LogP contribution >= 0.6 is 11.6 Å². The Balaban J connectivity index is 1.52. The first-order valence-electron chi connectivity index (χ1n) is 12.1. The van der Waals surface area contributed by atoms with E-state index in [1.807, 2.05) is 32.9 Å². The van der Waals surface area contributed by atoms with Crippen molar-refractivity contribution < 1.29 is 27.4 Å². The van der Waals surface area contributed by atoms with Gasteiger partial charge in [-0.3, -0.25) is 4.90 Å². The van der Waals surface area contributed by atoms with Gasteiger partial charge in [-0.25, -0.2) is 14.8 Å². The summed E-state index contributed by atoms with van der Waals surface area (Å²) in [5.74, 6) is 0.337. The first-order valence-corrected chi connectivity index (χ1v) is 12.5. The molecule has 1 aromatic carbocycles. The molecule has 1 aliphatic carbocycles. The Hall–Kier alpha value is -2.79. The number of methoxy groups -OCH3 is 1. The fourth-order valence-electron chi connectivity index (χ4n) is 4.31. The summed E-state index contributed by atoms with van der Waals surface area (Å²) in [6, 6.07) is 5.72. The number of halogens is 4. The molecule has 4 rings (SSSR count). The summed E-state index contributed by atoms with van der Waals surface area (Å²) in [5.41, 5.74) is 1.09. The Labute approximate surface area is 219 Å². The van der Waals surface area contributed by atoms with Gasteiger partial charge in [-0.05, 0) is 63.3 Å². The van der Waals surface area contributed by atoms with E-state index in [4.69, 9.17) is 21.1 Å². The van der Waals surface area contributed by atoms with Crippen molar-refractivity contribution in [2.45, 2.75) is 57.3 Å². The van der Waals surface area contributed by atoms with Crippen molar-refractivity contribution in [2.24, 2.45) is 0 Å². The number of alkyl halides is 3. The average molecular weight is 542 g/mol. The van der Waals surface area contributed by atoms with E-state index in [0.29, 0.717) is 38.4 Å². The second kappa shape index (κ2) is 10.5. The summed E-state index contributed by atoms with van der Waals surface area (Å²) in [4.78, 5) is 24.3. The maximum Gasteiger partial charge on any atom is 0.420 e. The monoisotopic (exact) mass is 541 g/mol. The molecule has 0 unspecified atom stereocenters. The maximum atomic E-state index is 13.0. The van der Waals surface area contributed by atoms with Crippen molar-refractivity contribution in [3.05, 3.63) is 40.7 Å². The lowest BCUT2D eigenvalue weighted by atomic mass is 10.1. The van der Waals surface area contributed by atoms with Gasteiger partial charge >= 0.3 is 12.3 Å². The van der Waals surface area contributed by atoms with Crippen LogP contribution in [0.15, 0.2) is 24.4 Å². The highest BCUT2D eigenvalue weighted by molar-refractivity contribution is 6.30. The van der Waals surface area contributed by atoms with Crippen LogP contribution in [0, 0.1) is 0 Å². The average Bonchev–Trinajstić information content (AvgIpc) is 3.63. The molecule has 1 N–H and O–H groups in total. The molecule has 0 bridgehead atoms. The highest BCUT2D eigenvalue weighted by atomic mass is 35.5. The lowest BCUT2D eigenvalue weighted by Gasteiger charge is -2.42. The number of nitrogens with one attached hydrogen (secondary N) is 1. The van der Waals surface area contributed by atoms with Gasteiger partial charge in [0.2, 0.25) is 5.95 Å². The molecule has 37 heavy (non-hydrogen) atoms. The number of piperazine rings is 1. The van der Waals surface area contributed by atoms with E-state index in [1.165, 1.54) is 0 Å².